The van der Waals surface area contributed by atoms with Gasteiger partial charge in [0.2, 0.25) is 5.91 Å². The zero-order valence-corrected chi connectivity index (χ0v) is 92.1. The molecule has 0 unspecified atom stereocenters. The van der Waals surface area contributed by atoms with Crippen LogP contribution in [0.3, 0.4) is 0 Å². The van der Waals surface area contributed by atoms with Gasteiger partial charge in [0.05, 0.1) is 93.0 Å². The number of benzene rings is 7. The van der Waals surface area contributed by atoms with Gasteiger partial charge in [-0.2, -0.15) is 13.2 Å². The lowest BCUT2D eigenvalue weighted by Crippen LogP contribution is -2.24. The minimum Gasteiger partial charge on any atom is -0.488 e. The smallest absolute Gasteiger partial charge is 0.432 e. The molecule has 0 aliphatic heterocycles. The van der Waals surface area contributed by atoms with Crippen molar-refractivity contribution in [2.75, 3.05) is 20.3 Å². The third-order valence-corrected chi connectivity index (χ3v) is 20.8. The van der Waals surface area contributed by atoms with E-state index in [1.165, 1.54) is 93.4 Å². The first kappa shape index (κ1) is 121. The summed E-state index contributed by atoms with van der Waals surface area (Å²) in [4.78, 5) is 83.3. The monoisotopic (exact) mass is 2130 g/mol. The molecule has 149 heavy (non-hydrogen) atoms. The van der Waals surface area contributed by atoms with Crippen molar-refractivity contribution >= 4 is 142 Å². The van der Waals surface area contributed by atoms with E-state index in [0.29, 0.717) is 88.7 Å². The van der Waals surface area contributed by atoms with E-state index in [-0.39, 0.29) is 92.1 Å². The first-order valence-corrected chi connectivity index (χ1v) is 48.7. The van der Waals surface area contributed by atoms with Crippen molar-refractivity contribution in [3.05, 3.63) is 208 Å². The van der Waals surface area contributed by atoms with Gasteiger partial charge >= 0.3 is 42.7 Å². The third-order valence-electron chi connectivity index (χ3n) is 20.0. The summed E-state index contributed by atoms with van der Waals surface area (Å²) >= 11 is 12.8. The van der Waals surface area contributed by atoms with Gasteiger partial charge in [0.1, 0.15) is 67.9 Å². The predicted octanol–water partition coefficient (Wildman–Crippen LogP) is 31.7. The number of fused-ring (bicyclic) bond motifs is 7. The Kier molecular flexibility index (Phi) is 38.8. The molecule has 810 valence electrons. The summed E-state index contributed by atoms with van der Waals surface area (Å²) < 4.78 is 204. The molecule has 0 spiro atoms. The highest BCUT2D eigenvalue weighted by atomic mass is 35.5. The average molecular weight is 2130 g/mol. The zero-order chi connectivity index (χ0) is 112. The van der Waals surface area contributed by atoms with E-state index in [0.717, 1.165) is 39.0 Å². The van der Waals surface area contributed by atoms with E-state index in [1.54, 1.807) is 163 Å². The molecule has 27 nitrogen and oxygen atoms in total. The van der Waals surface area contributed by atoms with Crippen LogP contribution in [0, 0.1) is 55.7 Å². The van der Waals surface area contributed by atoms with Crippen molar-refractivity contribution in [2.24, 2.45) is 0 Å². The number of hydrogen-bond acceptors (Lipinski definition) is 20. The zero-order valence-electron chi connectivity index (χ0n) is 90.6. The minimum absolute atomic E-state index is 0.171. The second kappa shape index (κ2) is 47.9. The highest BCUT2D eigenvalue weighted by Gasteiger charge is 2.40. The van der Waals surface area contributed by atoms with Gasteiger partial charge in [0, 0.05) is 86.7 Å². The Labute approximate surface area is 870 Å². The molecule has 0 fully saturated rings. The van der Waals surface area contributed by atoms with Crippen molar-refractivity contribution in [3.8, 4) is 40.2 Å². The van der Waals surface area contributed by atoms with Gasteiger partial charge in [-0.05, 0) is 330 Å². The number of halogens is 11. The van der Waals surface area contributed by atoms with Crippen LogP contribution in [0.15, 0.2) is 140 Å². The summed E-state index contributed by atoms with van der Waals surface area (Å²) in [6.45, 7) is 59.7. The van der Waals surface area contributed by atoms with Crippen molar-refractivity contribution in [3.63, 3.8) is 0 Å². The molecule has 7 aromatic heterocycles. The summed E-state index contributed by atoms with van der Waals surface area (Å²) in [6.07, 6.45) is -4.32. The van der Waals surface area contributed by atoms with Gasteiger partial charge in [-0.1, -0.05) is 30.1 Å². The number of hydrogen-bond donors (Lipinski definition) is 0. The molecule has 0 aliphatic rings. The summed E-state index contributed by atoms with van der Waals surface area (Å²) in [6, 6.07) is 30.8. The summed E-state index contributed by atoms with van der Waals surface area (Å²) in [5.74, 6) is -2.49. The fourth-order valence-electron chi connectivity index (χ4n) is 14.8. The molecule has 0 radical (unpaired) electrons. The number of methoxy groups -OCH3 is 1. The van der Waals surface area contributed by atoms with Crippen LogP contribution in [-0.2, 0) is 34.6 Å². The predicted molar refractivity (Wildman–Crippen MR) is 560 cm³/mol. The standard InChI is InChI=1S/C17H22ClNO3.C17H19F4NO3.C17H22FNO3.C16H20FNO3.C15H17F2NO2.C15H18FNO3.C14H16ClNO3/c1-6-9-21-16(20)19-11(2)10-12-13(19)7-8-14(15(12)18)22-17(3,4)5;1-9(2)24-15(23)22-11-6-7-12(25-16(3,4)5)14(18)10(11)8-13(22)17(19,20)21;1-10(2)21-16(20)19-11(3)15(18)13-9-12(7-8-14(13)19)22-17(4,5)6;1-10(2)20-15(19)18-9-8-11-12(18)6-7-13(14(11)17)21-16(3,4)5;1-8-6-10-12(18(8)9(2)19)7-11(16)14(13(10)17)20-15(3,4)5;1-5-19-14(18)17-7-6-10-8-11(20-15(2,3)4)9-12(16)13(10)17;1-14(2,3)19-11-6-5-10-9(12(11)15)7-8-16(10)13(17)18-4/h7-8,10H,6,9H2,1-5H3;6-9H,1-5H3;7-10H,1-6H3;6-10H,1-5H3;6-7H,1-5H3;6-9H,5H2,1-4H3;5-8H,1-4H3. The van der Waals surface area contributed by atoms with E-state index in [1.807, 2.05) is 130 Å². The van der Waals surface area contributed by atoms with Crippen LogP contribution in [0.4, 0.5) is 68.3 Å². The highest BCUT2D eigenvalue weighted by Crippen LogP contribution is 2.43. The molecule has 0 atom stereocenters. The molecule has 38 heteroatoms. The van der Waals surface area contributed by atoms with Gasteiger partial charge in [-0.3, -0.25) is 18.5 Å². The molecular weight excluding hydrogens is 1990 g/mol. The molecule has 0 bridgehead atoms. The summed E-state index contributed by atoms with van der Waals surface area (Å²) in [5, 5.41) is 3.64. The van der Waals surface area contributed by atoms with E-state index >= 15 is 0 Å². The number of alkyl halides is 3. The van der Waals surface area contributed by atoms with E-state index in [4.69, 9.17) is 84.8 Å². The minimum atomic E-state index is -4.85. The largest absolute Gasteiger partial charge is 0.488 e. The van der Waals surface area contributed by atoms with Crippen LogP contribution in [0.5, 0.6) is 40.2 Å². The number of nitrogens with zero attached hydrogens (tertiary/aromatic N) is 7. The van der Waals surface area contributed by atoms with Gasteiger partial charge in [-0.25, -0.2) is 73.4 Å². The second-order valence-electron chi connectivity index (χ2n) is 42.2. The molecule has 0 N–H and O–H groups in total. The molecule has 14 aromatic rings. The van der Waals surface area contributed by atoms with E-state index < -0.39 is 111 Å². The SMILES string of the molecule is CC(=O)n1c(C)cc2c(F)c(OC(C)(C)C)c(F)cc21.CC(C)OC(=O)n1c(C(F)(F)F)cc2c(F)c(OC(C)(C)C)ccc21.CC(C)OC(=O)n1ccc2c(F)c(OC(C)(C)C)ccc21.CCCOC(=O)n1c(C)cc2c(Cl)c(OC(C)(C)C)ccc21.CCOC(=O)n1ccc2cc(OC(C)(C)C)cc(F)c21.COC(=O)n1ccc2c(Cl)c(OC(C)(C)C)ccc21.Cc1c(F)c2cc(OC(C)(C)C)ccc2n1C(=O)OC(C)C. The molecule has 7 aromatic carbocycles. The van der Waals surface area contributed by atoms with Crippen LogP contribution >= 0.6 is 23.2 Å². The van der Waals surface area contributed by atoms with Crippen molar-refractivity contribution in [1.29, 1.82) is 0 Å². The maximum absolute atomic E-state index is 14.6. The number of carbonyl (C=O) groups is 7. The van der Waals surface area contributed by atoms with Gasteiger partial charge in [0.25, 0.3) is 0 Å². The fraction of sp³-hybridized carbons (Fsp3) is 0.432. The number of aromatic nitrogens is 7. The Morgan fingerprint density at radius 1 is 0.349 bits per heavy atom. The molecule has 7 heterocycles. The Morgan fingerprint density at radius 3 is 1.23 bits per heavy atom. The lowest BCUT2D eigenvalue weighted by Gasteiger charge is -2.22. The Hall–Kier alpha value is -13.6. The lowest BCUT2D eigenvalue weighted by molar-refractivity contribution is -0.142. The van der Waals surface area contributed by atoms with Gasteiger partial charge in [0.15, 0.2) is 52.2 Å². The van der Waals surface area contributed by atoms with Crippen LogP contribution in [0.2, 0.25) is 10.0 Å². The lowest BCUT2D eigenvalue weighted by atomic mass is 10.1. The van der Waals surface area contributed by atoms with Crippen LogP contribution in [0.1, 0.15) is 242 Å². The Bertz CT molecular complexity index is 7230. The van der Waals surface area contributed by atoms with Crippen LogP contribution in [0.25, 0.3) is 76.3 Å². The van der Waals surface area contributed by atoms with E-state index in [2.05, 4.69) is 0 Å². The molecule has 0 saturated carbocycles. The molecule has 0 aliphatic carbocycles. The van der Waals surface area contributed by atoms with Crippen LogP contribution < -0.4 is 33.2 Å². The maximum Gasteiger partial charge on any atom is 0.432 e. The maximum atomic E-state index is 14.6. The third kappa shape index (κ3) is 31.7. The Morgan fingerprint density at radius 2 is 0.752 bits per heavy atom. The second-order valence-corrected chi connectivity index (χ2v) is 43.0. The van der Waals surface area contributed by atoms with E-state index in [9.17, 15) is 73.1 Å². The quantitative estimate of drug-likeness (QED) is 0.0766. The number of ether oxygens (including phenoxy) is 13. The van der Waals surface area contributed by atoms with Crippen molar-refractivity contribution in [2.45, 2.75) is 299 Å². The highest BCUT2D eigenvalue weighted by molar-refractivity contribution is 6.37. The van der Waals surface area contributed by atoms with Crippen LogP contribution in [-0.4, -0.2) is 152 Å². The summed E-state index contributed by atoms with van der Waals surface area (Å²) in [5.41, 5.74) is -0.615. The number of carbonyl (C=O) groups excluding carboxylic acids is 7. The fourth-order valence-corrected chi connectivity index (χ4v) is 15.3. The van der Waals surface area contributed by atoms with Crippen molar-refractivity contribution in [1.82, 2.24) is 32.0 Å². The summed E-state index contributed by atoms with van der Waals surface area (Å²) in [7, 11) is 1.34. The average Bonchev–Trinajstić information content (AvgIpc) is 1.58. The van der Waals surface area contributed by atoms with Gasteiger partial charge < -0.3 is 61.6 Å². The Balaban J connectivity index is 0.000000212. The normalized spacial score (nSPS) is 12.0. The molecule has 0 saturated heterocycles. The molecular formula is C111H134Cl2F9N7O20. The first-order chi connectivity index (χ1) is 68.6. The molecule has 14 rings (SSSR count). The molecule has 0 amide bonds. The topological polar surface area (TPSA) is 274 Å². The number of aryl methyl sites for hydroxylation is 2. The number of rotatable bonds is 13. The first-order valence-electron chi connectivity index (χ1n) is 47.9. The van der Waals surface area contributed by atoms with Crippen molar-refractivity contribution < 1.29 is 135 Å². The van der Waals surface area contributed by atoms with Gasteiger partial charge in [-0.15, -0.1) is 0 Å².